The molecule has 0 saturated carbocycles. The van der Waals surface area contributed by atoms with Crippen LogP contribution in [0.25, 0.3) is 0 Å². The highest BCUT2D eigenvalue weighted by molar-refractivity contribution is 5.77. The molecule has 0 heterocycles. The van der Waals surface area contributed by atoms with Gasteiger partial charge in [-0.15, -0.1) is 0 Å². The highest BCUT2D eigenvalue weighted by Gasteiger charge is 1.95. The third kappa shape index (κ3) is 2.59. The number of nitrogens with two attached hydrogens (primary N) is 2. The van der Waals surface area contributed by atoms with Gasteiger partial charge in [0.25, 0.3) is 0 Å². The molecule has 0 radical (unpaired) electrons. The molecule has 5 N–H and O–H groups in total. The van der Waals surface area contributed by atoms with E-state index >= 15 is 0 Å². The largest absolute Gasteiger partial charge is 0.506 e. The number of aldehydes is 1. The van der Waals surface area contributed by atoms with E-state index in [1.807, 2.05) is 0 Å². The van der Waals surface area contributed by atoms with E-state index in [9.17, 15) is 4.79 Å². The van der Waals surface area contributed by atoms with Crippen LogP contribution in [-0.2, 0) is 0 Å². The zero-order chi connectivity index (χ0) is 9.56. The summed E-state index contributed by atoms with van der Waals surface area (Å²) in [6.07, 6.45) is 0.676. The van der Waals surface area contributed by atoms with E-state index in [0.717, 1.165) is 0 Å². The summed E-state index contributed by atoms with van der Waals surface area (Å²) in [5, 5.41) is 8.90. The molecule has 1 rings (SSSR count). The highest BCUT2D eigenvalue weighted by atomic mass is 16.3. The maximum absolute atomic E-state index is 10.1. The van der Waals surface area contributed by atoms with Crippen molar-refractivity contribution in [2.24, 2.45) is 5.73 Å². The topological polar surface area (TPSA) is 89.3 Å². The summed E-state index contributed by atoms with van der Waals surface area (Å²) in [6.45, 7) is 0. The molecule has 4 nitrogen and oxygen atoms in total. The Labute approximate surface area is 70.8 Å². The first-order chi connectivity index (χ1) is 5.74. The number of rotatable bonds is 1. The van der Waals surface area contributed by atoms with E-state index in [4.69, 9.17) is 10.8 Å². The molecule has 0 atom stereocenters. The molecule has 0 aliphatic carbocycles. The molecule has 0 bridgehead atoms. The molecular formula is C8H12N2O2. The fourth-order valence-corrected chi connectivity index (χ4v) is 0.646. The van der Waals surface area contributed by atoms with Gasteiger partial charge in [0.2, 0.25) is 0 Å². The van der Waals surface area contributed by atoms with Crippen molar-refractivity contribution in [1.82, 2.24) is 0 Å². The second kappa shape index (κ2) is 5.15. The summed E-state index contributed by atoms with van der Waals surface area (Å²) in [7, 11) is 1.50. The fraction of sp³-hybridized carbons (Fsp3) is 0.125. The molecule has 0 spiro atoms. The molecule has 0 aliphatic heterocycles. The lowest BCUT2D eigenvalue weighted by Gasteiger charge is -1.96. The molecule has 66 valence electrons. The zero-order valence-electron chi connectivity index (χ0n) is 6.82. The minimum Gasteiger partial charge on any atom is -0.506 e. The van der Waals surface area contributed by atoms with Crippen molar-refractivity contribution in [3.05, 3.63) is 23.8 Å². The van der Waals surface area contributed by atoms with Crippen LogP contribution in [0.3, 0.4) is 0 Å². The normalized spacial score (nSPS) is 8.17. The Hall–Kier alpha value is -1.55. The van der Waals surface area contributed by atoms with Gasteiger partial charge in [-0.05, 0) is 25.2 Å². The second-order valence-electron chi connectivity index (χ2n) is 1.94. The van der Waals surface area contributed by atoms with Crippen LogP contribution < -0.4 is 11.5 Å². The number of anilines is 1. The van der Waals surface area contributed by atoms with E-state index in [1.54, 1.807) is 0 Å². The summed E-state index contributed by atoms with van der Waals surface area (Å²) in [5.41, 5.74) is 10.5. The van der Waals surface area contributed by atoms with E-state index in [-0.39, 0.29) is 11.4 Å². The molecular weight excluding hydrogens is 156 g/mol. The molecule has 0 aliphatic rings. The predicted molar refractivity (Wildman–Crippen MR) is 48.0 cm³/mol. The van der Waals surface area contributed by atoms with Gasteiger partial charge in [0.15, 0.2) is 0 Å². The van der Waals surface area contributed by atoms with Gasteiger partial charge in [0, 0.05) is 5.56 Å². The third-order valence-electron chi connectivity index (χ3n) is 1.19. The van der Waals surface area contributed by atoms with Crippen LogP contribution >= 0.6 is 0 Å². The van der Waals surface area contributed by atoms with E-state index in [0.29, 0.717) is 11.8 Å². The second-order valence-corrected chi connectivity index (χ2v) is 1.94. The number of hydrogen-bond donors (Lipinski definition) is 3. The molecule has 0 amide bonds. The fourth-order valence-electron chi connectivity index (χ4n) is 0.646. The van der Waals surface area contributed by atoms with Gasteiger partial charge in [-0.2, -0.15) is 0 Å². The highest BCUT2D eigenvalue weighted by Crippen LogP contribution is 2.18. The number of hydrogen-bond acceptors (Lipinski definition) is 4. The first-order valence-electron chi connectivity index (χ1n) is 3.35. The van der Waals surface area contributed by atoms with Gasteiger partial charge in [0.1, 0.15) is 12.0 Å². The van der Waals surface area contributed by atoms with Gasteiger partial charge in [0.05, 0.1) is 5.69 Å². The molecule has 0 saturated heterocycles. The minimum atomic E-state index is 0.00519. The number of carbonyl (C=O) groups is 1. The zero-order valence-corrected chi connectivity index (χ0v) is 6.82. The summed E-state index contributed by atoms with van der Waals surface area (Å²) >= 11 is 0. The van der Waals surface area contributed by atoms with Gasteiger partial charge in [-0.25, -0.2) is 0 Å². The monoisotopic (exact) mass is 168 g/mol. The summed E-state index contributed by atoms with van der Waals surface area (Å²) in [5.74, 6) is 0.00519. The maximum atomic E-state index is 10.1. The van der Waals surface area contributed by atoms with Crippen LogP contribution in [0.4, 0.5) is 5.69 Å². The van der Waals surface area contributed by atoms with E-state index in [2.05, 4.69) is 5.73 Å². The average molecular weight is 168 g/mol. The standard InChI is InChI=1S/C7H7NO2.CH5N/c8-6-3-5(4-9)1-2-7(6)10;1-2/h1-4,10H,8H2;2H2,1H3. The lowest BCUT2D eigenvalue weighted by molar-refractivity contribution is 0.112. The Kier molecular flexibility index (Phi) is 4.48. The van der Waals surface area contributed by atoms with Crippen LogP contribution in [0.2, 0.25) is 0 Å². The Morgan fingerprint density at radius 1 is 1.42 bits per heavy atom. The number of carbonyl (C=O) groups excluding carboxylic acids is 1. The summed E-state index contributed by atoms with van der Waals surface area (Å²) in [4.78, 5) is 10.1. The van der Waals surface area contributed by atoms with Crippen molar-refractivity contribution in [1.29, 1.82) is 0 Å². The van der Waals surface area contributed by atoms with Crippen molar-refractivity contribution in [2.75, 3.05) is 12.8 Å². The molecule has 0 fully saturated rings. The Morgan fingerprint density at radius 3 is 2.42 bits per heavy atom. The molecule has 0 aromatic heterocycles. The van der Waals surface area contributed by atoms with Crippen molar-refractivity contribution < 1.29 is 9.90 Å². The molecule has 0 unspecified atom stereocenters. The molecule has 12 heavy (non-hydrogen) atoms. The smallest absolute Gasteiger partial charge is 0.150 e. The molecule has 4 heteroatoms. The van der Waals surface area contributed by atoms with Crippen molar-refractivity contribution >= 4 is 12.0 Å². The molecule has 1 aromatic rings. The van der Waals surface area contributed by atoms with E-state index in [1.165, 1.54) is 25.2 Å². The SMILES string of the molecule is CN.Nc1cc(C=O)ccc1O. The van der Waals surface area contributed by atoms with Crippen LogP contribution in [0.1, 0.15) is 10.4 Å². The van der Waals surface area contributed by atoms with Crippen molar-refractivity contribution in [2.45, 2.75) is 0 Å². The van der Waals surface area contributed by atoms with Gasteiger partial charge in [-0.3, -0.25) is 4.79 Å². The number of phenols is 1. The Bertz CT molecular complexity index is 261. The van der Waals surface area contributed by atoms with Crippen LogP contribution in [-0.4, -0.2) is 18.4 Å². The maximum Gasteiger partial charge on any atom is 0.150 e. The van der Waals surface area contributed by atoms with Gasteiger partial charge < -0.3 is 16.6 Å². The van der Waals surface area contributed by atoms with Crippen LogP contribution in [0.5, 0.6) is 5.75 Å². The lowest BCUT2D eigenvalue weighted by Crippen LogP contribution is -1.87. The number of phenolic OH excluding ortho intramolecular Hbond substituents is 1. The Morgan fingerprint density at radius 2 is 2.00 bits per heavy atom. The number of benzene rings is 1. The number of nitrogen functional groups attached to an aromatic ring is 1. The molecule has 1 aromatic carbocycles. The Balaban J connectivity index is 0.000000561. The average Bonchev–Trinajstić information content (AvgIpc) is 2.13. The minimum absolute atomic E-state index is 0.00519. The first kappa shape index (κ1) is 10.5. The van der Waals surface area contributed by atoms with Crippen molar-refractivity contribution in [3.8, 4) is 5.75 Å². The number of aromatic hydroxyl groups is 1. The quantitative estimate of drug-likeness (QED) is 0.321. The van der Waals surface area contributed by atoms with Gasteiger partial charge >= 0.3 is 0 Å². The predicted octanol–water partition coefficient (Wildman–Crippen LogP) is 0.362. The van der Waals surface area contributed by atoms with Crippen LogP contribution in [0, 0.1) is 0 Å². The third-order valence-corrected chi connectivity index (χ3v) is 1.19. The van der Waals surface area contributed by atoms with Gasteiger partial charge in [-0.1, -0.05) is 0 Å². The lowest BCUT2D eigenvalue weighted by atomic mass is 10.2. The summed E-state index contributed by atoms with van der Waals surface area (Å²) in [6, 6.07) is 4.31. The summed E-state index contributed by atoms with van der Waals surface area (Å²) < 4.78 is 0. The van der Waals surface area contributed by atoms with E-state index < -0.39 is 0 Å². The first-order valence-corrected chi connectivity index (χ1v) is 3.35. The van der Waals surface area contributed by atoms with Crippen molar-refractivity contribution in [3.63, 3.8) is 0 Å². The van der Waals surface area contributed by atoms with Crippen LogP contribution in [0.15, 0.2) is 18.2 Å².